The van der Waals surface area contributed by atoms with Gasteiger partial charge < -0.3 is 10.6 Å². The van der Waals surface area contributed by atoms with Crippen LogP contribution < -0.4 is 10.6 Å². The molecule has 2 N–H and O–H groups in total. The summed E-state index contributed by atoms with van der Waals surface area (Å²) in [6.45, 7) is 15.0. The van der Waals surface area contributed by atoms with Crippen molar-refractivity contribution in [2.24, 2.45) is 10.9 Å². The van der Waals surface area contributed by atoms with Crippen molar-refractivity contribution in [3.63, 3.8) is 0 Å². The summed E-state index contributed by atoms with van der Waals surface area (Å²) in [5.41, 5.74) is 1.14. The van der Waals surface area contributed by atoms with Gasteiger partial charge in [-0.3, -0.25) is 4.99 Å². The molecule has 0 aromatic rings. The molecule has 0 saturated heterocycles. The molecule has 4 heteroatoms. The molecule has 0 radical (unpaired) electrons. The van der Waals surface area contributed by atoms with Crippen molar-refractivity contribution in [2.45, 2.75) is 53.3 Å². The van der Waals surface area contributed by atoms with Crippen LogP contribution in [0.3, 0.4) is 0 Å². The third kappa shape index (κ3) is 6.22. The Bertz CT molecular complexity index is 335. The van der Waals surface area contributed by atoms with Gasteiger partial charge in [-0.25, -0.2) is 4.39 Å². The van der Waals surface area contributed by atoms with Crippen molar-refractivity contribution in [1.82, 2.24) is 10.6 Å². The lowest BCUT2D eigenvalue weighted by molar-refractivity contribution is 0.328. The minimum Gasteiger partial charge on any atom is -0.391 e. The second kappa shape index (κ2) is 10.5. The van der Waals surface area contributed by atoms with Gasteiger partial charge in [-0.05, 0) is 38.0 Å². The fraction of sp³-hybridized carbons (Fsp3) is 0.688. The molecule has 116 valence electrons. The van der Waals surface area contributed by atoms with Gasteiger partial charge in [-0.15, -0.1) is 6.58 Å². The van der Waals surface area contributed by atoms with Crippen LogP contribution in [0.15, 0.2) is 29.4 Å². The van der Waals surface area contributed by atoms with Gasteiger partial charge in [-0.2, -0.15) is 0 Å². The Morgan fingerprint density at radius 2 is 1.95 bits per heavy atom. The molecule has 3 nitrogen and oxygen atoms in total. The number of alkyl halides is 1. The Balaban J connectivity index is 5.05. The Morgan fingerprint density at radius 1 is 1.30 bits per heavy atom. The van der Waals surface area contributed by atoms with Crippen LogP contribution in [0.4, 0.5) is 4.39 Å². The molecule has 0 saturated carbocycles. The fourth-order valence-electron chi connectivity index (χ4n) is 1.81. The van der Waals surface area contributed by atoms with E-state index in [2.05, 4.69) is 29.1 Å². The lowest BCUT2D eigenvalue weighted by Crippen LogP contribution is -2.42. The zero-order chi connectivity index (χ0) is 15.5. The van der Waals surface area contributed by atoms with Gasteiger partial charge in [0, 0.05) is 13.1 Å². The minimum absolute atomic E-state index is 0.0960. The standard InChI is InChI=1S/C16H30FN3/c1-7-13(11-18-9-3)14(8-2)20-16(19-10-4)15(17)12(5)6/h8,11-12,14-15,18H,2,7,9-10H2,1,3-6H3,(H,19,20)/b13-11+/t14-,15?/m0/s1. The average molecular weight is 283 g/mol. The highest BCUT2D eigenvalue weighted by Gasteiger charge is 2.21. The maximum Gasteiger partial charge on any atom is 0.159 e. The molecule has 0 heterocycles. The molecule has 0 aliphatic rings. The molecule has 0 aromatic heterocycles. The SMILES string of the molecule is C=C[C@H](NC(=NCC)C(F)C(C)C)/C(=C/NCC)CC. The van der Waals surface area contributed by atoms with E-state index in [0.29, 0.717) is 12.4 Å². The minimum atomic E-state index is -1.07. The van der Waals surface area contributed by atoms with Gasteiger partial charge in [0.1, 0.15) is 5.84 Å². The van der Waals surface area contributed by atoms with Crippen LogP contribution in [-0.2, 0) is 0 Å². The van der Waals surface area contributed by atoms with Crippen LogP contribution in [-0.4, -0.2) is 31.1 Å². The van der Waals surface area contributed by atoms with Crippen molar-refractivity contribution in [2.75, 3.05) is 13.1 Å². The second-order valence-electron chi connectivity index (χ2n) is 4.99. The summed E-state index contributed by atoms with van der Waals surface area (Å²) in [4.78, 5) is 4.27. The molecule has 20 heavy (non-hydrogen) atoms. The molecule has 2 atom stereocenters. The quantitative estimate of drug-likeness (QED) is 0.386. The van der Waals surface area contributed by atoms with E-state index < -0.39 is 6.17 Å². The summed E-state index contributed by atoms with van der Waals surface area (Å²) in [5.74, 6) is 0.323. The van der Waals surface area contributed by atoms with Crippen LogP contribution in [0, 0.1) is 5.92 Å². The zero-order valence-electron chi connectivity index (χ0n) is 13.5. The third-order valence-electron chi connectivity index (χ3n) is 3.01. The number of rotatable bonds is 9. The maximum absolute atomic E-state index is 14.2. The highest BCUT2D eigenvalue weighted by Crippen LogP contribution is 2.12. The Morgan fingerprint density at radius 3 is 2.35 bits per heavy atom. The van der Waals surface area contributed by atoms with E-state index in [-0.39, 0.29) is 12.0 Å². The topological polar surface area (TPSA) is 36.4 Å². The molecule has 0 aromatic carbocycles. The van der Waals surface area contributed by atoms with Crippen molar-refractivity contribution in [3.8, 4) is 0 Å². The van der Waals surface area contributed by atoms with E-state index in [0.717, 1.165) is 18.5 Å². The van der Waals surface area contributed by atoms with Crippen LogP contribution in [0.25, 0.3) is 0 Å². The summed E-state index contributed by atoms with van der Waals surface area (Å²) < 4.78 is 14.2. The smallest absolute Gasteiger partial charge is 0.159 e. The van der Waals surface area contributed by atoms with E-state index in [4.69, 9.17) is 0 Å². The molecule has 0 spiro atoms. The predicted octanol–water partition coefficient (Wildman–Crippen LogP) is 3.45. The number of hydrogen-bond donors (Lipinski definition) is 2. The van der Waals surface area contributed by atoms with E-state index in [1.165, 1.54) is 0 Å². The molecule has 0 fully saturated rings. The van der Waals surface area contributed by atoms with Gasteiger partial charge in [0.05, 0.1) is 6.04 Å². The monoisotopic (exact) mass is 283 g/mol. The number of nitrogens with zero attached hydrogens (tertiary/aromatic N) is 1. The fourth-order valence-corrected chi connectivity index (χ4v) is 1.81. The first-order valence-corrected chi connectivity index (χ1v) is 7.51. The Kier molecular flexibility index (Phi) is 9.77. The number of nitrogens with one attached hydrogen (secondary N) is 2. The first-order valence-electron chi connectivity index (χ1n) is 7.51. The first-order chi connectivity index (χ1) is 9.51. The molecular weight excluding hydrogens is 253 g/mol. The molecule has 0 aliphatic carbocycles. The van der Waals surface area contributed by atoms with Crippen molar-refractivity contribution < 1.29 is 4.39 Å². The summed E-state index contributed by atoms with van der Waals surface area (Å²) in [5, 5.41) is 6.38. The molecular formula is C16H30FN3. The Hall–Kier alpha value is -1.32. The van der Waals surface area contributed by atoms with Gasteiger partial charge in [0.15, 0.2) is 6.17 Å². The summed E-state index contributed by atoms with van der Waals surface area (Å²) >= 11 is 0. The van der Waals surface area contributed by atoms with Crippen LogP contribution in [0.2, 0.25) is 0 Å². The van der Waals surface area contributed by atoms with Crippen molar-refractivity contribution in [3.05, 3.63) is 24.4 Å². The molecule has 0 rings (SSSR count). The second-order valence-corrected chi connectivity index (χ2v) is 4.99. The highest BCUT2D eigenvalue weighted by atomic mass is 19.1. The number of amidine groups is 1. The van der Waals surface area contributed by atoms with Crippen LogP contribution in [0.1, 0.15) is 41.0 Å². The lowest BCUT2D eigenvalue weighted by atomic mass is 10.0. The molecule has 0 bridgehead atoms. The average Bonchev–Trinajstić information content (AvgIpc) is 2.44. The molecule has 0 amide bonds. The predicted molar refractivity (Wildman–Crippen MR) is 86.9 cm³/mol. The number of hydrogen-bond acceptors (Lipinski definition) is 2. The third-order valence-corrected chi connectivity index (χ3v) is 3.01. The normalized spacial score (nSPS) is 15.9. The Labute approximate surface area is 123 Å². The van der Waals surface area contributed by atoms with Crippen molar-refractivity contribution in [1.29, 1.82) is 0 Å². The van der Waals surface area contributed by atoms with Gasteiger partial charge in [-0.1, -0.05) is 26.8 Å². The summed E-state index contributed by atoms with van der Waals surface area (Å²) in [6, 6.07) is -0.0960. The van der Waals surface area contributed by atoms with E-state index in [1.54, 1.807) is 6.08 Å². The summed E-state index contributed by atoms with van der Waals surface area (Å²) in [6.07, 6.45) is 3.57. The van der Waals surface area contributed by atoms with E-state index in [9.17, 15) is 4.39 Å². The van der Waals surface area contributed by atoms with E-state index >= 15 is 0 Å². The first kappa shape index (κ1) is 18.7. The van der Waals surface area contributed by atoms with Crippen LogP contribution in [0.5, 0.6) is 0 Å². The lowest BCUT2D eigenvalue weighted by Gasteiger charge is -2.23. The molecule has 0 aliphatic heterocycles. The molecule has 1 unspecified atom stereocenters. The highest BCUT2D eigenvalue weighted by molar-refractivity contribution is 5.87. The van der Waals surface area contributed by atoms with Crippen LogP contribution >= 0.6 is 0 Å². The van der Waals surface area contributed by atoms with Gasteiger partial charge in [0.25, 0.3) is 0 Å². The maximum atomic E-state index is 14.2. The zero-order valence-corrected chi connectivity index (χ0v) is 13.5. The number of halogens is 1. The number of aliphatic imine (C=N–C) groups is 1. The van der Waals surface area contributed by atoms with Gasteiger partial charge >= 0.3 is 0 Å². The van der Waals surface area contributed by atoms with E-state index in [1.807, 2.05) is 33.9 Å². The summed E-state index contributed by atoms with van der Waals surface area (Å²) in [7, 11) is 0. The van der Waals surface area contributed by atoms with Gasteiger partial charge in [0.2, 0.25) is 0 Å². The largest absolute Gasteiger partial charge is 0.391 e. The van der Waals surface area contributed by atoms with Crippen molar-refractivity contribution >= 4 is 5.84 Å².